The van der Waals surface area contributed by atoms with Gasteiger partial charge in [-0.1, -0.05) is 26.2 Å². The second-order valence-electron chi connectivity index (χ2n) is 2.44. The molecule has 0 saturated heterocycles. The van der Waals surface area contributed by atoms with Gasteiger partial charge in [-0.3, -0.25) is 0 Å². The predicted molar refractivity (Wildman–Crippen MR) is 38.6 cm³/mol. The van der Waals surface area contributed by atoms with Gasteiger partial charge in [-0.2, -0.15) is 5.06 Å². The van der Waals surface area contributed by atoms with Gasteiger partial charge in [0.2, 0.25) is 0 Å². The van der Waals surface area contributed by atoms with E-state index in [1.165, 1.54) is 24.3 Å². The second-order valence-corrected chi connectivity index (χ2v) is 2.44. The highest BCUT2D eigenvalue weighted by atomic mass is 16.5. The number of hydroxylamine groups is 2. The van der Waals surface area contributed by atoms with Crippen LogP contribution < -0.4 is 0 Å². The van der Waals surface area contributed by atoms with Gasteiger partial charge >= 0.3 is 0 Å². The minimum atomic E-state index is 0.806. The summed E-state index contributed by atoms with van der Waals surface area (Å²) in [7, 11) is 1.69. The molecule has 0 unspecified atom stereocenters. The van der Waals surface area contributed by atoms with Crippen LogP contribution >= 0.6 is 0 Å². The van der Waals surface area contributed by atoms with Gasteiger partial charge in [0, 0.05) is 13.6 Å². The molecule has 0 atom stereocenters. The molecule has 0 aromatic rings. The summed E-state index contributed by atoms with van der Waals surface area (Å²) in [6.07, 6.45) is 4.89. The zero-order valence-corrected chi connectivity index (χ0v) is 6.43. The zero-order valence-electron chi connectivity index (χ0n) is 6.43. The first-order chi connectivity index (χ1) is 4.27. The van der Waals surface area contributed by atoms with Gasteiger partial charge in [0.05, 0.1) is 0 Å². The van der Waals surface area contributed by atoms with E-state index < -0.39 is 0 Å². The molecule has 56 valence electrons. The highest BCUT2D eigenvalue weighted by Gasteiger charge is 1.89. The van der Waals surface area contributed by atoms with Gasteiger partial charge < -0.3 is 5.21 Å². The van der Waals surface area contributed by atoms with Gasteiger partial charge in [0.25, 0.3) is 0 Å². The van der Waals surface area contributed by atoms with E-state index in [-0.39, 0.29) is 0 Å². The van der Waals surface area contributed by atoms with Crippen LogP contribution in [0.1, 0.15) is 32.6 Å². The third-order valence-corrected chi connectivity index (χ3v) is 1.34. The maximum Gasteiger partial charge on any atom is 0.0235 e. The Hall–Kier alpha value is -0.0800. The summed E-state index contributed by atoms with van der Waals surface area (Å²) < 4.78 is 0. The van der Waals surface area contributed by atoms with Crippen molar-refractivity contribution in [3.8, 4) is 0 Å². The van der Waals surface area contributed by atoms with Gasteiger partial charge in [-0.05, 0) is 6.42 Å². The molecule has 0 heterocycles. The van der Waals surface area contributed by atoms with E-state index in [0.717, 1.165) is 13.0 Å². The van der Waals surface area contributed by atoms with E-state index in [1.54, 1.807) is 7.05 Å². The van der Waals surface area contributed by atoms with E-state index in [2.05, 4.69) is 6.92 Å². The third-order valence-electron chi connectivity index (χ3n) is 1.34. The predicted octanol–water partition coefficient (Wildman–Crippen LogP) is 1.89. The van der Waals surface area contributed by atoms with E-state index in [1.807, 2.05) is 0 Å². The summed E-state index contributed by atoms with van der Waals surface area (Å²) in [6.45, 7) is 2.99. The molecule has 0 saturated carbocycles. The lowest BCUT2D eigenvalue weighted by Crippen LogP contribution is -2.13. The Morgan fingerprint density at radius 1 is 1.22 bits per heavy atom. The molecule has 0 aliphatic heterocycles. The first-order valence-electron chi connectivity index (χ1n) is 3.67. The molecule has 0 spiro atoms. The second kappa shape index (κ2) is 6.05. The monoisotopic (exact) mass is 131 g/mol. The highest BCUT2D eigenvalue weighted by molar-refractivity contribution is 4.41. The number of hydrogen-bond acceptors (Lipinski definition) is 2. The number of hydrogen-bond donors (Lipinski definition) is 1. The molecule has 0 aliphatic carbocycles. The van der Waals surface area contributed by atoms with Crippen molar-refractivity contribution in [1.29, 1.82) is 0 Å². The van der Waals surface area contributed by atoms with Crippen LogP contribution in [0.15, 0.2) is 0 Å². The van der Waals surface area contributed by atoms with Gasteiger partial charge in [0.1, 0.15) is 0 Å². The molecule has 0 aliphatic rings. The Kier molecular flexibility index (Phi) is 5.99. The smallest absolute Gasteiger partial charge is 0.0235 e. The maximum atomic E-state index is 8.69. The molecule has 0 fully saturated rings. The Labute approximate surface area is 57.4 Å². The van der Waals surface area contributed by atoms with Crippen molar-refractivity contribution in [3.63, 3.8) is 0 Å². The van der Waals surface area contributed by atoms with Crippen molar-refractivity contribution in [1.82, 2.24) is 5.06 Å². The first-order valence-corrected chi connectivity index (χ1v) is 3.67. The van der Waals surface area contributed by atoms with Crippen LogP contribution in [0.5, 0.6) is 0 Å². The molecule has 1 N–H and O–H groups in total. The largest absolute Gasteiger partial charge is 0.314 e. The summed E-state index contributed by atoms with van der Waals surface area (Å²) >= 11 is 0. The van der Waals surface area contributed by atoms with Crippen LogP contribution in [0.25, 0.3) is 0 Å². The van der Waals surface area contributed by atoms with Crippen molar-refractivity contribution in [2.45, 2.75) is 32.6 Å². The third kappa shape index (κ3) is 7.92. The summed E-state index contributed by atoms with van der Waals surface area (Å²) in [5.41, 5.74) is 0. The van der Waals surface area contributed by atoms with Gasteiger partial charge in [0.15, 0.2) is 0 Å². The molecule has 0 aromatic carbocycles. The molecule has 2 heteroatoms. The van der Waals surface area contributed by atoms with Crippen molar-refractivity contribution in [2.75, 3.05) is 13.6 Å². The lowest BCUT2D eigenvalue weighted by atomic mass is 10.2. The average Bonchev–Trinajstić information content (AvgIpc) is 1.80. The van der Waals surface area contributed by atoms with Crippen LogP contribution in [-0.2, 0) is 0 Å². The quantitative estimate of drug-likeness (QED) is 0.455. The normalized spacial score (nSPS) is 10.7. The maximum absolute atomic E-state index is 8.69. The molecule has 0 amide bonds. The molecular weight excluding hydrogens is 114 g/mol. The first kappa shape index (κ1) is 8.92. The van der Waals surface area contributed by atoms with Crippen LogP contribution in [0.2, 0.25) is 0 Å². The van der Waals surface area contributed by atoms with Crippen molar-refractivity contribution in [3.05, 3.63) is 0 Å². The van der Waals surface area contributed by atoms with Gasteiger partial charge in [-0.25, -0.2) is 0 Å². The number of unbranched alkanes of at least 4 members (excludes halogenated alkanes) is 3. The SMILES string of the molecule is CCCCCCN(C)O. The fourth-order valence-electron chi connectivity index (χ4n) is 0.767. The zero-order chi connectivity index (χ0) is 7.11. The summed E-state index contributed by atoms with van der Waals surface area (Å²) in [4.78, 5) is 0. The molecular formula is C7H17NO. The van der Waals surface area contributed by atoms with Crippen molar-refractivity contribution >= 4 is 0 Å². The van der Waals surface area contributed by atoms with Gasteiger partial charge in [-0.15, -0.1) is 0 Å². The molecule has 0 rings (SSSR count). The molecule has 2 nitrogen and oxygen atoms in total. The molecule has 0 radical (unpaired) electrons. The lowest BCUT2D eigenvalue weighted by molar-refractivity contribution is -0.0655. The Balaban J connectivity index is 2.75. The summed E-state index contributed by atoms with van der Waals surface area (Å²) in [6, 6.07) is 0. The van der Waals surface area contributed by atoms with E-state index in [0.29, 0.717) is 0 Å². The minimum Gasteiger partial charge on any atom is -0.314 e. The van der Waals surface area contributed by atoms with Crippen LogP contribution in [0.4, 0.5) is 0 Å². The Morgan fingerprint density at radius 2 is 1.89 bits per heavy atom. The topological polar surface area (TPSA) is 23.5 Å². The van der Waals surface area contributed by atoms with Crippen molar-refractivity contribution in [2.24, 2.45) is 0 Å². The summed E-state index contributed by atoms with van der Waals surface area (Å²) in [5.74, 6) is 0. The number of nitrogens with zero attached hydrogens (tertiary/aromatic N) is 1. The fourth-order valence-corrected chi connectivity index (χ4v) is 0.767. The Morgan fingerprint density at radius 3 is 2.33 bits per heavy atom. The highest BCUT2D eigenvalue weighted by Crippen LogP contribution is 1.98. The van der Waals surface area contributed by atoms with Crippen molar-refractivity contribution < 1.29 is 5.21 Å². The lowest BCUT2D eigenvalue weighted by Gasteiger charge is -2.05. The molecule has 9 heavy (non-hydrogen) atoms. The number of rotatable bonds is 5. The minimum absolute atomic E-state index is 0.806. The Bertz CT molecular complexity index is 54.9. The molecule has 0 bridgehead atoms. The van der Waals surface area contributed by atoms with Crippen LogP contribution in [-0.4, -0.2) is 23.9 Å². The molecule has 0 aromatic heterocycles. The fraction of sp³-hybridized carbons (Fsp3) is 1.00. The van der Waals surface area contributed by atoms with Crippen LogP contribution in [0, 0.1) is 0 Å². The summed E-state index contributed by atoms with van der Waals surface area (Å²) in [5, 5.41) is 9.93. The van der Waals surface area contributed by atoms with E-state index >= 15 is 0 Å². The van der Waals surface area contributed by atoms with E-state index in [4.69, 9.17) is 5.21 Å². The van der Waals surface area contributed by atoms with Crippen LogP contribution in [0.3, 0.4) is 0 Å². The standard InChI is InChI=1S/C7H17NO/c1-3-4-5-6-7-8(2)9/h9H,3-7H2,1-2H3. The van der Waals surface area contributed by atoms with E-state index in [9.17, 15) is 0 Å². The average molecular weight is 131 g/mol.